The second-order valence-electron chi connectivity index (χ2n) is 7.90. The zero-order valence-corrected chi connectivity index (χ0v) is 20.0. The summed E-state index contributed by atoms with van der Waals surface area (Å²) in [5.41, 5.74) is 1.72. The van der Waals surface area contributed by atoms with E-state index in [0.717, 1.165) is 9.99 Å². The molecule has 0 N–H and O–H groups in total. The number of rotatable bonds is 7. The Hall–Kier alpha value is -3.18. The number of ketones is 1. The molecule has 0 bridgehead atoms. The van der Waals surface area contributed by atoms with Crippen LogP contribution in [0.2, 0.25) is 0 Å². The van der Waals surface area contributed by atoms with Crippen molar-refractivity contribution in [1.29, 1.82) is 0 Å². The van der Waals surface area contributed by atoms with Gasteiger partial charge < -0.3 is 19.1 Å². The predicted molar refractivity (Wildman–Crippen MR) is 122 cm³/mol. The molecular formula is C22H28N4O6S. The predicted octanol–water partition coefficient (Wildman–Crippen LogP) is 0.984. The standard InChI is InChI=1S/C22H28N4O6S/c1-16(27)17-5-7-18(8-6-17)25-9-11-26(12-10-25)21(28)15-24(3)33(30,31)19-13-20(22(29)32-4)23(2)14-19/h5-8,13-14H,9-12,15H2,1-4H3. The molecule has 0 spiro atoms. The van der Waals surface area contributed by atoms with Gasteiger partial charge in [0.25, 0.3) is 0 Å². The lowest BCUT2D eigenvalue weighted by atomic mass is 10.1. The van der Waals surface area contributed by atoms with E-state index < -0.39 is 16.0 Å². The van der Waals surface area contributed by atoms with E-state index >= 15 is 0 Å². The van der Waals surface area contributed by atoms with Gasteiger partial charge in [-0.2, -0.15) is 4.31 Å². The molecule has 0 saturated carbocycles. The molecule has 0 unspecified atom stereocenters. The van der Waals surface area contributed by atoms with Crippen molar-refractivity contribution in [1.82, 2.24) is 13.8 Å². The number of esters is 1. The molecule has 1 aliphatic heterocycles. The van der Waals surface area contributed by atoms with Crippen LogP contribution in [0.5, 0.6) is 0 Å². The highest BCUT2D eigenvalue weighted by atomic mass is 32.2. The van der Waals surface area contributed by atoms with E-state index in [2.05, 4.69) is 9.64 Å². The molecule has 3 rings (SSSR count). The smallest absolute Gasteiger partial charge is 0.354 e. The van der Waals surface area contributed by atoms with Crippen LogP contribution in [0.3, 0.4) is 0 Å². The first-order chi connectivity index (χ1) is 15.5. The fourth-order valence-electron chi connectivity index (χ4n) is 3.66. The van der Waals surface area contributed by atoms with Crippen molar-refractivity contribution >= 4 is 33.4 Å². The van der Waals surface area contributed by atoms with Crippen molar-refractivity contribution < 1.29 is 27.5 Å². The van der Waals surface area contributed by atoms with Crippen molar-refractivity contribution in [3.05, 3.63) is 47.8 Å². The number of benzene rings is 1. The molecule has 1 aromatic carbocycles. The highest BCUT2D eigenvalue weighted by Crippen LogP contribution is 2.20. The number of piperazine rings is 1. The monoisotopic (exact) mass is 476 g/mol. The van der Waals surface area contributed by atoms with E-state index in [1.807, 2.05) is 12.1 Å². The molecule has 1 aliphatic rings. The van der Waals surface area contributed by atoms with Gasteiger partial charge in [0.15, 0.2) is 5.78 Å². The maximum absolute atomic E-state index is 12.9. The Labute approximate surface area is 193 Å². The number of methoxy groups -OCH3 is 1. The van der Waals surface area contributed by atoms with Crippen LogP contribution in [0.4, 0.5) is 5.69 Å². The average molecular weight is 477 g/mol. The second-order valence-corrected chi connectivity index (χ2v) is 9.94. The summed E-state index contributed by atoms with van der Waals surface area (Å²) in [6, 6.07) is 8.57. The minimum atomic E-state index is -3.96. The maximum atomic E-state index is 12.9. The summed E-state index contributed by atoms with van der Waals surface area (Å²) in [4.78, 5) is 39.6. The second kappa shape index (κ2) is 9.75. The molecule has 178 valence electrons. The van der Waals surface area contributed by atoms with E-state index in [4.69, 9.17) is 0 Å². The summed E-state index contributed by atoms with van der Waals surface area (Å²) in [6.45, 7) is 3.33. The maximum Gasteiger partial charge on any atom is 0.354 e. The van der Waals surface area contributed by atoms with Gasteiger partial charge in [0.05, 0.1) is 13.7 Å². The Morgan fingerprint density at radius 3 is 2.21 bits per heavy atom. The summed E-state index contributed by atoms with van der Waals surface area (Å²) < 4.78 is 32.8. The van der Waals surface area contributed by atoms with Crippen molar-refractivity contribution in [3.63, 3.8) is 0 Å². The lowest BCUT2D eigenvalue weighted by Crippen LogP contribution is -2.51. The van der Waals surface area contributed by atoms with E-state index in [0.29, 0.717) is 31.7 Å². The molecule has 1 saturated heterocycles. The SMILES string of the molecule is COC(=O)c1cc(S(=O)(=O)N(C)CC(=O)N2CCN(c3ccc(C(C)=O)cc3)CC2)cn1C. The van der Waals surface area contributed by atoms with Crippen molar-refractivity contribution in [3.8, 4) is 0 Å². The zero-order chi connectivity index (χ0) is 24.3. The number of hydrogen-bond acceptors (Lipinski definition) is 7. The molecule has 10 nitrogen and oxygen atoms in total. The van der Waals surface area contributed by atoms with Gasteiger partial charge in [0.1, 0.15) is 10.6 Å². The van der Waals surface area contributed by atoms with Crippen molar-refractivity contribution in [2.24, 2.45) is 7.05 Å². The molecule has 0 atom stereocenters. The van der Waals surface area contributed by atoms with Crippen LogP contribution in [0.1, 0.15) is 27.8 Å². The molecule has 0 aliphatic carbocycles. The van der Waals surface area contributed by atoms with E-state index in [1.165, 1.54) is 37.9 Å². The molecule has 1 amide bonds. The number of sulfonamides is 1. The van der Waals surface area contributed by atoms with E-state index in [-0.39, 0.29) is 28.8 Å². The summed E-state index contributed by atoms with van der Waals surface area (Å²) in [6.07, 6.45) is 1.32. The highest BCUT2D eigenvalue weighted by molar-refractivity contribution is 7.89. The lowest BCUT2D eigenvalue weighted by Gasteiger charge is -2.36. The van der Waals surface area contributed by atoms with Crippen LogP contribution >= 0.6 is 0 Å². The minimum absolute atomic E-state index is 0.00746. The number of nitrogens with zero attached hydrogens (tertiary/aromatic N) is 4. The highest BCUT2D eigenvalue weighted by Gasteiger charge is 2.29. The summed E-state index contributed by atoms with van der Waals surface area (Å²) >= 11 is 0. The normalized spacial score (nSPS) is 14.5. The molecule has 2 aromatic rings. The Bertz CT molecular complexity index is 1150. The number of hydrogen-bond donors (Lipinski definition) is 0. The van der Waals surface area contributed by atoms with Gasteiger partial charge in [-0.3, -0.25) is 9.59 Å². The summed E-state index contributed by atoms with van der Waals surface area (Å²) in [5, 5.41) is 0. The van der Waals surface area contributed by atoms with Crippen LogP contribution in [0.15, 0.2) is 41.4 Å². The van der Waals surface area contributed by atoms with Crippen LogP contribution in [0, 0.1) is 0 Å². The number of likely N-dealkylation sites (N-methyl/N-ethyl adjacent to an activating group) is 1. The number of amides is 1. The Morgan fingerprint density at radius 1 is 1.06 bits per heavy atom. The third kappa shape index (κ3) is 5.25. The molecule has 0 radical (unpaired) electrons. The molecule has 1 aromatic heterocycles. The zero-order valence-electron chi connectivity index (χ0n) is 19.1. The number of ether oxygens (including phenoxy) is 1. The fraction of sp³-hybridized carbons (Fsp3) is 0.409. The molecule has 11 heteroatoms. The first-order valence-electron chi connectivity index (χ1n) is 10.4. The van der Waals surface area contributed by atoms with Crippen molar-refractivity contribution in [2.45, 2.75) is 11.8 Å². The fourth-order valence-corrected chi connectivity index (χ4v) is 4.85. The van der Waals surface area contributed by atoms with Crippen molar-refractivity contribution in [2.75, 3.05) is 51.8 Å². The number of carbonyl (C=O) groups is 3. The molecule has 1 fully saturated rings. The molecule has 2 heterocycles. The number of anilines is 1. The van der Waals surface area contributed by atoms with Gasteiger partial charge in [-0.15, -0.1) is 0 Å². The minimum Gasteiger partial charge on any atom is -0.464 e. The average Bonchev–Trinajstić information content (AvgIpc) is 3.21. The lowest BCUT2D eigenvalue weighted by molar-refractivity contribution is -0.131. The van der Waals surface area contributed by atoms with Gasteiger partial charge in [-0.05, 0) is 37.3 Å². The van der Waals surface area contributed by atoms with Crippen LogP contribution in [-0.2, 0) is 26.6 Å². The van der Waals surface area contributed by atoms with E-state index in [1.54, 1.807) is 24.1 Å². The molecular weight excluding hydrogens is 448 g/mol. The third-order valence-electron chi connectivity index (χ3n) is 5.71. The number of aryl methyl sites for hydroxylation is 1. The van der Waals surface area contributed by atoms with Crippen LogP contribution in [-0.4, -0.2) is 86.7 Å². The Kier molecular flexibility index (Phi) is 7.23. The summed E-state index contributed by atoms with van der Waals surface area (Å²) in [5.74, 6) is -0.934. The van der Waals surface area contributed by atoms with Gasteiger partial charge in [0, 0.05) is 57.7 Å². The largest absolute Gasteiger partial charge is 0.464 e. The van der Waals surface area contributed by atoms with Gasteiger partial charge in [-0.25, -0.2) is 13.2 Å². The first kappa shape index (κ1) is 24.5. The van der Waals surface area contributed by atoms with Gasteiger partial charge in [-0.1, -0.05) is 0 Å². The third-order valence-corrected chi connectivity index (χ3v) is 7.48. The quantitative estimate of drug-likeness (QED) is 0.433. The topological polar surface area (TPSA) is 109 Å². The molecule has 33 heavy (non-hydrogen) atoms. The van der Waals surface area contributed by atoms with E-state index in [9.17, 15) is 22.8 Å². The number of aromatic nitrogens is 1. The van der Waals surface area contributed by atoms with Gasteiger partial charge >= 0.3 is 5.97 Å². The van der Waals surface area contributed by atoms with Crippen LogP contribution < -0.4 is 4.90 Å². The number of Topliss-reactive ketones (excluding diaryl/α,β-unsaturated/α-hetero) is 1. The first-order valence-corrected chi connectivity index (χ1v) is 11.8. The summed E-state index contributed by atoms with van der Waals surface area (Å²) in [7, 11) is 0.139. The number of carbonyl (C=O) groups excluding carboxylic acids is 3. The Morgan fingerprint density at radius 2 is 1.67 bits per heavy atom. The Balaban J connectivity index is 1.60. The van der Waals surface area contributed by atoms with Gasteiger partial charge in [0.2, 0.25) is 15.9 Å². The van der Waals surface area contributed by atoms with Crippen LogP contribution in [0.25, 0.3) is 0 Å².